The fraction of sp³-hybridized carbons (Fsp3) is 0.375. The van der Waals surface area contributed by atoms with Crippen molar-refractivity contribution in [3.05, 3.63) is 35.9 Å². The van der Waals surface area contributed by atoms with E-state index in [9.17, 15) is 18.4 Å². The molecule has 2 amide bonds. The average Bonchev–Trinajstić information content (AvgIpc) is 2.50. The first-order valence-electron chi connectivity index (χ1n) is 7.17. The summed E-state index contributed by atoms with van der Waals surface area (Å²) in [4.78, 5) is 22.9. The molecule has 0 saturated carbocycles. The van der Waals surface area contributed by atoms with Gasteiger partial charge in [0.15, 0.2) is 0 Å². The van der Waals surface area contributed by atoms with Gasteiger partial charge in [-0.3, -0.25) is 9.59 Å². The van der Waals surface area contributed by atoms with Crippen molar-refractivity contribution < 1.29 is 23.1 Å². The molecule has 0 unspecified atom stereocenters. The number of ether oxygens (including phenoxy) is 1. The van der Waals surface area contributed by atoms with Crippen molar-refractivity contribution in [3.63, 3.8) is 0 Å². The Morgan fingerprint density at radius 3 is 2.30 bits per heavy atom. The SMILES string of the molecule is CC(C)C(=O)NCCNC(=O)/C=C/c1ccc(OC(F)F)cc1. The van der Waals surface area contributed by atoms with Gasteiger partial charge in [0.25, 0.3) is 0 Å². The molecule has 1 aromatic rings. The monoisotopic (exact) mass is 326 g/mol. The number of carbonyl (C=O) groups excluding carboxylic acids is 2. The van der Waals surface area contributed by atoms with Crippen molar-refractivity contribution in [3.8, 4) is 5.75 Å². The van der Waals surface area contributed by atoms with Crippen LogP contribution < -0.4 is 15.4 Å². The first-order chi connectivity index (χ1) is 10.9. The van der Waals surface area contributed by atoms with E-state index in [0.717, 1.165) is 0 Å². The Morgan fingerprint density at radius 2 is 1.74 bits per heavy atom. The van der Waals surface area contributed by atoms with Crippen LogP contribution in [0, 0.1) is 5.92 Å². The Balaban J connectivity index is 2.33. The highest BCUT2D eigenvalue weighted by molar-refractivity contribution is 5.91. The van der Waals surface area contributed by atoms with Crippen LogP contribution in [-0.4, -0.2) is 31.5 Å². The third-order valence-corrected chi connectivity index (χ3v) is 2.78. The molecule has 0 atom stereocenters. The smallest absolute Gasteiger partial charge is 0.387 e. The molecule has 0 heterocycles. The van der Waals surface area contributed by atoms with Crippen molar-refractivity contribution in [1.29, 1.82) is 0 Å². The normalized spacial score (nSPS) is 11.0. The summed E-state index contributed by atoms with van der Waals surface area (Å²) in [5, 5.41) is 5.30. The van der Waals surface area contributed by atoms with Crippen LogP contribution in [-0.2, 0) is 9.59 Å². The number of benzene rings is 1. The van der Waals surface area contributed by atoms with E-state index in [4.69, 9.17) is 0 Å². The lowest BCUT2D eigenvalue weighted by molar-refractivity contribution is -0.124. The van der Waals surface area contributed by atoms with Gasteiger partial charge >= 0.3 is 6.61 Å². The van der Waals surface area contributed by atoms with Crippen molar-refractivity contribution in [1.82, 2.24) is 10.6 Å². The topological polar surface area (TPSA) is 67.4 Å². The molecular formula is C16H20F2N2O3. The van der Waals surface area contributed by atoms with Crippen LogP contribution in [0.3, 0.4) is 0 Å². The number of amides is 2. The zero-order chi connectivity index (χ0) is 17.2. The maximum absolute atomic E-state index is 12.0. The summed E-state index contributed by atoms with van der Waals surface area (Å²) >= 11 is 0. The maximum atomic E-state index is 12.0. The Kier molecular flexibility index (Phi) is 7.73. The van der Waals surface area contributed by atoms with Gasteiger partial charge < -0.3 is 15.4 Å². The van der Waals surface area contributed by atoms with E-state index >= 15 is 0 Å². The molecule has 5 nitrogen and oxygen atoms in total. The third kappa shape index (κ3) is 7.94. The van der Waals surface area contributed by atoms with Crippen LogP contribution in [0.1, 0.15) is 19.4 Å². The summed E-state index contributed by atoms with van der Waals surface area (Å²) in [5.74, 6) is -0.414. The van der Waals surface area contributed by atoms with Crippen molar-refractivity contribution in [2.24, 2.45) is 5.92 Å². The summed E-state index contributed by atoms with van der Waals surface area (Å²) in [7, 11) is 0. The average molecular weight is 326 g/mol. The second kappa shape index (κ2) is 9.55. The first kappa shape index (κ1) is 18.6. The molecule has 7 heteroatoms. The molecule has 126 valence electrons. The lowest BCUT2D eigenvalue weighted by Gasteiger charge is -2.07. The van der Waals surface area contributed by atoms with Gasteiger partial charge in [-0.05, 0) is 23.8 Å². The minimum Gasteiger partial charge on any atom is -0.435 e. The van der Waals surface area contributed by atoms with Gasteiger partial charge in [0, 0.05) is 25.1 Å². The minimum absolute atomic E-state index is 0.0579. The number of halogens is 2. The quantitative estimate of drug-likeness (QED) is 0.568. The zero-order valence-electron chi connectivity index (χ0n) is 13.0. The summed E-state index contributed by atoms with van der Waals surface area (Å²) in [5.41, 5.74) is 0.676. The standard InChI is InChI=1S/C16H20F2N2O3/c1-11(2)15(22)20-10-9-19-14(21)8-5-12-3-6-13(7-4-12)23-16(17)18/h3-8,11,16H,9-10H2,1-2H3,(H,19,21)(H,20,22)/b8-5+. The second-order valence-corrected chi connectivity index (χ2v) is 5.02. The number of rotatable bonds is 8. The van der Waals surface area contributed by atoms with Crippen LogP contribution in [0.2, 0.25) is 0 Å². The number of carbonyl (C=O) groups is 2. The van der Waals surface area contributed by atoms with Gasteiger partial charge in [0.1, 0.15) is 5.75 Å². The molecule has 0 radical (unpaired) electrons. The van der Waals surface area contributed by atoms with Gasteiger partial charge in [-0.2, -0.15) is 8.78 Å². The zero-order valence-corrected chi connectivity index (χ0v) is 13.0. The summed E-state index contributed by atoms with van der Waals surface area (Å²) in [6.45, 7) is 1.39. The van der Waals surface area contributed by atoms with Crippen molar-refractivity contribution in [2.45, 2.75) is 20.5 Å². The lowest BCUT2D eigenvalue weighted by atomic mass is 10.2. The Bertz CT molecular complexity index is 543. The first-order valence-corrected chi connectivity index (χ1v) is 7.17. The Hall–Kier alpha value is -2.44. The number of hydrogen-bond acceptors (Lipinski definition) is 3. The lowest BCUT2D eigenvalue weighted by Crippen LogP contribution is -2.35. The van der Waals surface area contributed by atoms with E-state index in [1.165, 1.54) is 18.2 Å². The largest absolute Gasteiger partial charge is 0.435 e. The maximum Gasteiger partial charge on any atom is 0.387 e. The molecule has 1 aromatic carbocycles. The van der Waals surface area contributed by atoms with Crippen LogP contribution in [0.25, 0.3) is 6.08 Å². The van der Waals surface area contributed by atoms with E-state index in [-0.39, 0.29) is 23.5 Å². The van der Waals surface area contributed by atoms with Crippen LogP contribution in [0.15, 0.2) is 30.3 Å². The van der Waals surface area contributed by atoms with Gasteiger partial charge in [-0.15, -0.1) is 0 Å². The fourth-order valence-electron chi connectivity index (χ4n) is 1.57. The number of alkyl halides is 2. The van der Waals surface area contributed by atoms with Crippen molar-refractivity contribution >= 4 is 17.9 Å². The van der Waals surface area contributed by atoms with Crippen LogP contribution >= 0.6 is 0 Å². The minimum atomic E-state index is -2.86. The molecule has 0 aliphatic heterocycles. The van der Waals surface area contributed by atoms with Gasteiger partial charge in [0.05, 0.1) is 0 Å². The van der Waals surface area contributed by atoms with E-state index in [1.54, 1.807) is 32.1 Å². The van der Waals surface area contributed by atoms with Crippen molar-refractivity contribution in [2.75, 3.05) is 13.1 Å². The molecule has 0 aliphatic rings. The highest BCUT2D eigenvalue weighted by atomic mass is 19.3. The molecule has 23 heavy (non-hydrogen) atoms. The van der Waals surface area contributed by atoms with Gasteiger partial charge in [-0.1, -0.05) is 26.0 Å². The van der Waals surface area contributed by atoms with E-state index in [0.29, 0.717) is 18.7 Å². The van der Waals surface area contributed by atoms with Crippen LogP contribution in [0.4, 0.5) is 8.78 Å². The summed E-state index contributed by atoms with van der Waals surface area (Å²) in [6.07, 6.45) is 2.88. The molecule has 1 rings (SSSR count). The predicted octanol–water partition coefficient (Wildman–Crippen LogP) is 2.19. The molecule has 0 saturated heterocycles. The summed E-state index contributed by atoms with van der Waals surface area (Å²) < 4.78 is 28.2. The molecule has 0 aliphatic carbocycles. The number of hydrogen-bond donors (Lipinski definition) is 2. The van der Waals surface area contributed by atoms with Crippen LogP contribution in [0.5, 0.6) is 5.75 Å². The summed E-state index contributed by atoms with van der Waals surface area (Å²) in [6, 6.07) is 5.91. The van der Waals surface area contributed by atoms with Gasteiger partial charge in [0.2, 0.25) is 11.8 Å². The molecule has 0 spiro atoms. The number of nitrogens with one attached hydrogen (secondary N) is 2. The molecule has 0 bridgehead atoms. The fourth-order valence-corrected chi connectivity index (χ4v) is 1.57. The third-order valence-electron chi connectivity index (χ3n) is 2.78. The molecule has 0 aromatic heterocycles. The van der Waals surface area contributed by atoms with E-state index in [2.05, 4.69) is 15.4 Å². The highest BCUT2D eigenvalue weighted by Gasteiger charge is 2.05. The molecule has 0 fully saturated rings. The van der Waals surface area contributed by atoms with E-state index < -0.39 is 6.61 Å². The molecule has 2 N–H and O–H groups in total. The predicted molar refractivity (Wildman–Crippen MR) is 83.0 cm³/mol. The Labute approximate surface area is 133 Å². The second-order valence-electron chi connectivity index (χ2n) is 5.02. The van der Waals surface area contributed by atoms with Gasteiger partial charge in [-0.25, -0.2) is 0 Å². The highest BCUT2D eigenvalue weighted by Crippen LogP contribution is 2.15. The van der Waals surface area contributed by atoms with E-state index in [1.807, 2.05) is 0 Å². The molecular weight excluding hydrogens is 306 g/mol. The Morgan fingerprint density at radius 1 is 1.13 bits per heavy atom.